The van der Waals surface area contributed by atoms with Crippen LogP contribution < -0.4 is 10.9 Å². The third-order valence-corrected chi connectivity index (χ3v) is 4.22. The van der Waals surface area contributed by atoms with Crippen molar-refractivity contribution in [2.24, 2.45) is 0 Å². The maximum atomic E-state index is 12.6. The zero-order chi connectivity index (χ0) is 15.1. The van der Waals surface area contributed by atoms with Gasteiger partial charge in [-0.3, -0.25) is 9.36 Å². The monoisotopic (exact) mass is 291 g/mol. The highest BCUT2D eigenvalue weighted by atomic mass is 16.1. The van der Waals surface area contributed by atoms with Crippen molar-refractivity contribution in [1.82, 2.24) is 14.9 Å². The van der Waals surface area contributed by atoms with E-state index in [0.717, 1.165) is 23.2 Å². The molecule has 2 heterocycles. The number of allylic oxidation sites excluding steroid dienone is 2. The Bertz CT molecular complexity index is 902. The van der Waals surface area contributed by atoms with Crippen molar-refractivity contribution >= 4 is 10.9 Å². The molecule has 2 aliphatic rings. The molecule has 0 spiro atoms. The Kier molecular flexibility index (Phi) is 3.05. The number of hydrogen-bond acceptors (Lipinski definition) is 3. The molecule has 0 amide bonds. The van der Waals surface area contributed by atoms with Crippen LogP contribution in [0.2, 0.25) is 0 Å². The lowest BCUT2D eigenvalue weighted by Crippen LogP contribution is -2.25. The number of benzene rings is 1. The first-order valence-electron chi connectivity index (χ1n) is 7.49. The minimum Gasteiger partial charge on any atom is -0.303 e. The molecule has 1 aromatic heterocycles. The summed E-state index contributed by atoms with van der Waals surface area (Å²) in [5, 5.41) is 4.06. The Balaban J connectivity index is 1.72. The summed E-state index contributed by atoms with van der Waals surface area (Å²) in [5.74, 6) is 0. The summed E-state index contributed by atoms with van der Waals surface area (Å²) < 4.78 is 1.68. The number of fused-ring (bicyclic) bond motifs is 2. The van der Waals surface area contributed by atoms with Crippen LogP contribution in [0.4, 0.5) is 0 Å². The number of aromatic nitrogens is 2. The quantitative estimate of drug-likeness (QED) is 0.921. The number of nitrogens with zero attached hydrogens (tertiary/aromatic N) is 2. The molecule has 1 aromatic carbocycles. The maximum Gasteiger partial charge on any atom is 0.261 e. The highest BCUT2D eigenvalue weighted by Gasteiger charge is 2.17. The zero-order valence-electron chi connectivity index (χ0n) is 12.4. The Morgan fingerprint density at radius 2 is 2.32 bits per heavy atom. The van der Waals surface area contributed by atoms with E-state index in [-0.39, 0.29) is 5.56 Å². The number of rotatable bonds is 2. The second-order valence-electron chi connectivity index (χ2n) is 5.87. The molecule has 0 saturated heterocycles. The van der Waals surface area contributed by atoms with Gasteiger partial charge in [0.15, 0.2) is 0 Å². The molecule has 4 rings (SSSR count). The second-order valence-corrected chi connectivity index (χ2v) is 5.87. The van der Waals surface area contributed by atoms with Crippen molar-refractivity contribution in [3.63, 3.8) is 0 Å². The van der Waals surface area contributed by atoms with E-state index in [1.807, 2.05) is 25.1 Å². The molecule has 2 aromatic rings. The molecule has 1 N–H and O–H groups in total. The van der Waals surface area contributed by atoms with Crippen molar-refractivity contribution in [3.8, 4) is 0 Å². The number of aryl methyl sites for hydroxylation is 1. The van der Waals surface area contributed by atoms with Crippen LogP contribution in [0.3, 0.4) is 0 Å². The van der Waals surface area contributed by atoms with Crippen molar-refractivity contribution < 1.29 is 0 Å². The van der Waals surface area contributed by atoms with E-state index in [1.165, 1.54) is 5.57 Å². The van der Waals surface area contributed by atoms with Crippen LogP contribution in [0.1, 0.15) is 5.56 Å². The van der Waals surface area contributed by atoms with Gasteiger partial charge >= 0.3 is 0 Å². The summed E-state index contributed by atoms with van der Waals surface area (Å²) in [4.78, 5) is 17.0. The van der Waals surface area contributed by atoms with E-state index in [2.05, 4.69) is 34.6 Å². The molecule has 1 atom stereocenters. The van der Waals surface area contributed by atoms with Gasteiger partial charge in [0, 0.05) is 6.54 Å². The fraction of sp³-hybridized carbons (Fsp3) is 0.222. The van der Waals surface area contributed by atoms with E-state index in [0.29, 0.717) is 18.0 Å². The number of hydrogen-bond donors (Lipinski definition) is 1. The Labute approximate surface area is 128 Å². The third kappa shape index (κ3) is 2.22. The van der Waals surface area contributed by atoms with Gasteiger partial charge in [-0.25, -0.2) is 4.98 Å². The minimum absolute atomic E-state index is 0.0173. The van der Waals surface area contributed by atoms with Gasteiger partial charge < -0.3 is 5.32 Å². The highest BCUT2D eigenvalue weighted by molar-refractivity contribution is 5.77. The van der Waals surface area contributed by atoms with E-state index < -0.39 is 0 Å². The van der Waals surface area contributed by atoms with Crippen LogP contribution in [0.15, 0.2) is 64.8 Å². The molecule has 1 unspecified atom stereocenters. The van der Waals surface area contributed by atoms with Gasteiger partial charge in [0.2, 0.25) is 0 Å². The van der Waals surface area contributed by atoms with Crippen molar-refractivity contribution in [1.29, 1.82) is 0 Å². The fourth-order valence-electron chi connectivity index (χ4n) is 3.04. The van der Waals surface area contributed by atoms with Crippen LogP contribution in [0, 0.1) is 6.92 Å². The van der Waals surface area contributed by atoms with E-state index >= 15 is 0 Å². The van der Waals surface area contributed by atoms with E-state index in [9.17, 15) is 4.79 Å². The molecule has 1 aliphatic heterocycles. The SMILES string of the molecule is Cc1ccc2ncn(CC3=CC4=CCNC4C=C3)c(=O)c2c1. The molecule has 0 radical (unpaired) electrons. The Hall–Kier alpha value is -2.46. The highest BCUT2D eigenvalue weighted by Crippen LogP contribution is 2.20. The molecular formula is C18H17N3O. The normalized spacial score (nSPS) is 20.0. The molecule has 4 heteroatoms. The molecule has 1 aliphatic carbocycles. The Morgan fingerprint density at radius 3 is 3.23 bits per heavy atom. The van der Waals surface area contributed by atoms with Gasteiger partial charge in [0.1, 0.15) is 0 Å². The van der Waals surface area contributed by atoms with Crippen LogP contribution in [-0.2, 0) is 6.54 Å². The maximum absolute atomic E-state index is 12.6. The van der Waals surface area contributed by atoms with Gasteiger partial charge in [-0.2, -0.15) is 0 Å². The van der Waals surface area contributed by atoms with Crippen molar-refractivity contribution in [2.45, 2.75) is 19.5 Å². The van der Waals surface area contributed by atoms with Gasteiger partial charge in [-0.05, 0) is 30.2 Å². The summed E-state index contributed by atoms with van der Waals surface area (Å²) >= 11 is 0. The Morgan fingerprint density at radius 1 is 1.41 bits per heavy atom. The van der Waals surface area contributed by atoms with Crippen LogP contribution in [0.25, 0.3) is 10.9 Å². The summed E-state index contributed by atoms with van der Waals surface area (Å²) in [6, 6.07) is 6.12. The van der Waals surface area contributed by atoms with E-state index in [4.69, 9.17) is 0 Å². The molecule has 110 valence electrons. The molecule has 0 saturated carbocycles. The largest absolute Gasteiger partial charge is 0.303 e. The standard InChI is InChI=1S/C18H17N3O/c1-12-2-4-17-15(8-12)18(22)21(11-20-17)10-13-3-5-16-14(9-13)6-7-19-16/h2-6,8-9,11,16,19H,7,10H2,1H3. The first-order chi connectivity index (χ1) is 10.7. The predicted octanol–water partition coefficient (Wildman–Crippen LogP) is 2.10. The van der Waals surface area contributed by atoms with Crippen molar-refractivity contribution in [3.05, 3.63) is 75.9 Å². The molecule has 4 nitrogen and oxygen atoms in total. The van der Waals surface area contributed by atoms with Gasteiger partial charge in [0.05, 0.1) is 29.8 Å². The third-order valence-electron chi connectivity index (χ3n) is 4.22. The van der Waals surface area contributed by atoms with Gasteiger partial charge in [0.25, 0.3) is 5.56 Å². The van der Waals surface area contributed by atoms with Crippen molar-refractivity contribution in [2.75, 3.05) is 6.54 Å². The average Bonchev–Trinajstić information content (AvgIpc) is 2.98. The van der Waals surface area contributed by atoms with Crippen LogP contribution >= 0.6 is 0 Å². The molecular weight excluding hydrogens is 274 g/mol. The molecule has 0 fully saturated rings. The minimum atomic E-state index is 0.0173. The summed E-state index contributed by atoms with van der Waals surface area (Å²) in [6.07, 6.45) is 10.2. The fourth-order valence-corrected chi connectivity index (χ4v) is 3.04. The molecule has 22 heavy (non-hydrogen) atoms. The topological polar surface area (TPSA) is 46.9 Å². The first-order valence-corrected chi connectivity index (χ1v) is 7.49. The smallest absolute Gasteiger partial charge is 0.261 e. The lowest BCUT2D eigenvalue weighted by molar-refractivity contribution is 0.728. The second kappa shape index (κ2) is 5.07. The summed E-state index contributed by atoms with van der Waals surface area (Å²) in [7, 11) is 0. The lowest BCUT2D eigenvalue weighted by atomic mass is 9.99. The first kappa shape index (κ1) is 13.2. The van der Waals surface area contributed by atoms with E-state index in [1.54, 1.807) is 10.9 Å². The van der Waals surface area contributed by atoms with Crippen LogP contribution in [-0.4, -0.2) is 22.1 Å². The predicted molar refractivity (Wildman–Crippen MR) is 87.8 cm³/mol. The number of nitrogens with one attached hydrogen (secondary N) is 1. The van der Waals surface area contributed by atoms with Gasteiger partial charge in [-0.1, -0.05) is 35.9 Å². The average molecular weight is 291 g/mol. The molecule has 0 bridgehead atoms. The van der Waals surface area contributed by atoms with Gasteiger partial charge in [-0.15, -0.1) is 0 Å². The van der Waals surface area contributed by atoms with Crippen LogP contribution in [0.5, 0.6) is 0 Å². The summed E-state index contributed by atoms with van der Waals surface area (Å²) in [6.45, 7) is 3.45. The zero-order valence-corrected chi connectivity index (χ0v) is 12.4. The summed E-state index contributed by atoms with van der Waals surface area (Å²) in [5.41, 5.74) is 4.26. The lowest BCUT2D eigenvalue weighted by Gasteiger charge is -2.16.